The second kappa shape index (κ2) is 6.71. The predicted octanol–water partition coefficient (Wildman–Crippen LogP) is 5.43. The van der Waals surface area contributed by atoms with Crippen LogP contribution in [0.2, 0.25) is 0 Å². The highest BCUT2D eigenvalue weighted by Gasteiger charge is 2.04. The zero-order chi connectivity index (χ0) is 16.2. The molecule has 0 unspecified atom stereocenters. The average Bonchev–Trinajstić information content (AvgIpc) is 2.64. The standard InChI is InChI=1S/C22H20N2/c1-2-7-17(8-3-1)9-6-13-23-21-12-14-24-22-16-19-11-5-4-10-18(19)15-20(21)22/h1-5,7-8,10-12,14-16H,6,9,13H2,(H,23,24). The van der Waals surface area contributed by atoms with Gasteiger partial charge in [0.05, 0.1) is 5.52 Å². The van der Waals surface area contributed by atoms with E-state index in [1.165, 1.54) is 27.4 Å². The number of pyridine rings is 1. The van der Waals surface area contributed by atoms with Crippen LogP contribution in [0.5, 0.6) is 0 Å². The molecule has 0 saturated heterocycles. The van der Waals surface area contributed by atoms with Crippen LogP contribution in [0.25, 0.3) is 21.7 Å². The molecule has 0 aliphatic carbocycles. The van der Waals surface area contributed by atoms with Gasteiger partial charge in [0.1, 0.15) is 0 Å². The molecule has 118 valence electrons. The second-order valence-corrected chi connectivity index (χ2v) is 6.09. The third kappa shape index (κ3) is 3.09. The molecule has 1 heterocycles. The van der Waals surface area contributed by atoms with E-state index >= 15 is 0 Å². The van der Waals surface area contributed by atoms with E-state index < -0.39 is 0 Å². The number of hydrogen-bond donors (Lipinski definition) is 1. The lowest BCUT2D eigenvalue weighted by Gasteiger charge is -2.10. The highest BCUT2D eigenvalue weighted by atomic mass is 14.9. The highest BCUT2D eigenvalue weighted by Crippen LogP contribution is 2.26. The zero-order valence-corrected chi connectivity index (χ0v) is 13.6. The predicted molar refractivity (Wildman–Crippen MR) is 103 cm³/mol. The number of anilines is 1. The monoisotopic (exact) mass is 312 g/mol. The summed E-state index contributed by atoms with van der Waals surface area (Å²) >= 11 is 0. The van der Waals surface area contributed by atoms with Gasteiger partial charge in [-0.15, -0.1) is 0 Å². The van der Waals surface area contributed by atoms with E-state index in [0.29, 0.717) is 0 Å². The molecular weight excluding hydrogens is 292 g/mol. The minimum absolute atomic E-state index is 0.959. The van der Waals surface area contributed by atoms with Crippen LogP contribution in [0.1, 0.15) is 12.0 Å². The molecule has 0 radical (unpaired) electrons. The van der Waals surface area contributed by atoms with Crippen LogP contribution >= 0.6 is 0 Å². The van der Waals surface area contributed by atoms with Gasteiger partial charge in [-0.1, -0.05) is 54.6 Å². The number of aromatic nitrogens is 1. The van der Waals surface area contributed by atoms with Gasteiger partial charge in [0.25, 0.3) is 0 Å². The third-order valence-corrected chi connectivity index (χ3v) is 4.41. The Morgan fingerprint density at radius 2 is 1.54 bits per heavy atom. The van der Waals surface area contributed by atoms with Crippen LogP contribution < -0.4 is 5.32 Å². The van der Waals surface area contributed by atoms with Gasteiger partial charge in [0.2, 0.25) is 0 Å². The molecule has 0 saturated carbocycles. The van der Waals surface area contributed by atoms with Crippen LogP contribution in [-0.2, 0) is 6.42 Å². The van der Waals surface area contributed by atoms with E-state index in [-0.39, 0.29) is 0 Å². The largest absolute Gasteiger partial charge is 0.384 e. The number of benzene rings is 3. The van der Waals surface area contributed by atoms with Gasteiger partial charge in [-0.3, -0.25) is 4.98 Å². The topological polar surface area (TPSA) is 24.9 Å². The van der Waals surface area contributed by atoms with Crippen molar-refractivity contribution >= 4 is 27.4 Å². The Labute approximate surface area is 142 Å². The van der Waals surface area contributed by atoms with Crippen molar-refractivity contribution in [2.24, 2.45) is 0 Å². The maximum Gasteiger partial charge on any atom is 0.0729 e. The summed E-state index contributed by atoms with van der Waals surface area (Å²) in [4.78, 5) is 4.53. The lowest BCUT2D eigenvalue weighted by molar-refractivity contribution is 0.864. The SMILES string of the molecule is c1ccc(CCCNc2ccnc3cc4ccccc4cc23)cc1. The minimum Gasteiger partial charge on any atom is -0.384 e. The maximum absolute atomic E-state index is 4.53. The maximum atomic E-state index is 4.53. The lowest BCUT2D eigenvalue weighted by Crippen LogP contribution is -2.03. The molecule has 0 amide bonds. The molecule has 0 atom stereocenters. The normalized spacial score (nSPS) is 11.0. The Morgan fingerprint density at radius 1 is 0.792 bits per heavy atom. The van der Waals surface area contributed by atoms with Gasteiger partial charge in [0.15, 0.2) is 0 Å². The minimum atomic E-state index is 0.959. The zero-order valence-electron chi connectivity index (χ0n) is 13.6. The fourth-order valence-electron chi connectivity index (χ4n) is 3.15. The smallest absolute Gasteiger partial charge is 0.0729 e. The van der Waals surface area contributed by atoms with E-state index in [9.17, 15) is 0 Å². The number of rotatable bonds is 5. The Kier molecular flexibility index (Phi) is 4.11. The van der Waals surface area contributed by atoms with Crippen LogP contribution in [0.15, 0.2) is 79.0 Å². The summed E-state index contributed by atoms with van der Waals surface area (Å²) in [7, 11) is 0. The van der Waals surface area contributed by atoms with Crippen molar-refractivity contribution in [1.29, 1.82) is 0 Å². The highest BCUT2D eigenvalue weighted by molar-refractivity contribution is 6.01. The summed E-state index contributed by atoms with van der Waals surface area (Å²) in [5, 5.41) is 7.26. The summed E-state index contributed by atoms with van der Waals surface area (Å²) in [5.74, 6) is 0. The fourth-order valence-corrected chi connectivity index (χ4v) is 3.15. The molecule has 4 aromatic rings. The molecule has 2 heteroatoms. The van der Waals surface area contributed by atoms with Gasteiger partial charge in [-0.05, 0) is 47.4 Å². The third-order valence-electron chi connectivity index (χ3n) is 4.41. The number of aryl methyl sites for hydroxylation is 1. The number of fused-ring (bicyclic) bond motifs is 2. The number of hydrogen-bond acceptors (Lipinski definition) is 2. The molecule has 4 rings (SSSR count). The quantitative estimate of drug-likeness (QED) is 0.392. The average molecular weight is 312 g/mol. The van der Waals surface area contributed by atoms with E-state index in [1.54, 1.807) is 0 Å². The molecule has 1 N–H and O–H groups in total. The van der Waals surface area contributed by atoms with Crippen LogP contribution in [0.4, 0.5) is 5.69 Å². The van der Waals surface area contributed by atoms with E-state index in [0.717, 1.165) is 24.9 Å². The molecule has 0 aliphatic rings. The number of nitrogens with one attached hydrogen (secondary N) is 1. The van der Waals surface area contributed by atoms with Crippen molar-refractivity contribution in [2.45, 2.75) is 12.8 Å². The summed E-state index contributed by atoms with van der Waals surface area (Å²) in [5.41, 5.74) is 3.60. The van der Waals surface area contributed by atoms with Crippen molar-refractivity contribution in [3.05, 3.63) is 84.6 Å². The van der Waals surface area contributed by atoms with E-state index in [1.807, 2.05) is 6.20 Å². The first-order valence-electron chi connectivity index (χ1n) is 8.45. The van der Waals surface area contributed by atoms with Crippen LogP contribution in [0, 0.1) is 0 Å². The van der Waals surface area contributed by atoms with Crippen molar-refractivity contribution < 1.29 is 0 Å². The molecule has 2 nitrogen and oxygen atoms in total. The lowest BCUT2D eigenvalue weighted by atomic mass is 10.1. The first-order chi connectivity index (χ1) is 11.9. The first-order valence-corrected chi connectivity index (χ1v) is 8.45. The second-order valence-electron chi connectivity index (χ2n) is 6.09. The molecular formula is C22H20N2. The molecule has 0 spiro atoms. The van der Waals surface area contributed by atoms with Crippen LogP contribution in [-0.4, -0.2) is 11.5 Å². The molecule has 0 bridgehead atoms. The van der Waals surface area contributed by atoms with Crippen molar-refractivity contribution in [2.75, 3.05) is 11.9 Å². The molecule has 3 aromatic carbocycles. The van der Waals surface area contributed by atoms with Gasteiger partial charge in [0, 0.05) is 23.8 Å². The molecule has 1 aromatic heterocycles. The summed E-state index contributed by atoms with van der Waals surface area (Å²) in [6.07, 6.45) is 4.10. The summed E-state index contributed by atoms with van der Waals surface area (Å²) < 4.78 is 0. The Hall–Kier alpha value is -2.87. The Balaban J connectivity index is 1.52. The van der Waals surface area contributed by atoms with Gasteiger partial charge in [-0.2, -0.15) is 0 Å². The molecule has 24 heavy (non-hydrogen) atoms. The molecule has 0 fully saturated rings. The van der Waals surface area contributed by atoms with Gasteiger partial charge in [-0.25, -0.2) is 0 Å². The van der Waals surface area contributed by atoms with E-state index in [2.05, 4.69) is 83.1 Å². The van der Waals surface area contributed by atoms with Crippen molar-refractivity contribution in [3.8, 4) is 0 Å². The van der Waals surface area contributed by atoms with Crippen molar-refractivity contribution in [3.63, 3.8) is 0 Å². The van der Waals surface area contributed by atoms with Crippen molar-refractivity contribution in [1.82, 2.24) is 4.98 Å². The Morgan fingerprint density at radius 3 is 2.38 bits per heavy atom. The fraction of sp³-hybridized carbons (Fsp3) is 0.136. The summed E-state index contributed by atoms with van der Waals surface area (Å²) in [6, 6.07) is 25.6. The summed E-state index contributed by atoms with van der Waals surface area (Å²) in [6.45, 7) is 0.959. The van der Waals surface area contributed by atoms with Crippen LogP contribution in [0.3, 0.4) is 0 Å². The van der Waals surface area contributed by atoms with Gasteiger partial charge >= 0.3 is 0 Å². The first kappa shape index (κ1) is 14.7. The number of nitrogens with zero attached hydrogens (tertiary/aromatic N) is 1. The van der Waals surface area contributed by atoms with Gasteiger partial charge < -0.3 is 5.32 Å². The van der Waals surface area contributed by atoms with E-state index in [4.69, 9.17) is 0 Å². The Bertz CT molecular complexity index is 961. The molecule has 0 aliphatic heterocycles.